The second kappa shape index (κ2) is 18.2. The zero-order valence-electron chi connectivity index (χ0n) is 37.8. The minimum Gasteiger partial charge on any atom is -0.308 e. The van der Waals surface area contributed by atoms with Crippen LogP contribution in [-0.2, 0) is 0 Å². The monoisotopic (exact) mass is 881 g/mol. The summed E-state index contributed by atoms with van der Waals surface area (Å²) in [5.74, 6) is 1.31. The number of para-hydroxylation sites is 1. The van der Waals surface area contributed by atoms with E-state index in [1.165, 1.54) is 0 Å². The van der Waals surface area contributed by atoms with E-state index in [-0.39, 0.29) is 89.1 Å². The third-order valence-electron chi connectivity index (χ3n) is 12.7. The Bertz CT molecular complexity index is 3890. The van der Waals surface area contributed by atoms with Gasteiger partial charge < -0.3 is 4.57 Å². The molecule has 3 heterocycles. The predicted octanol–water partition coefficient (Wildman–Crippen LogP) is 0.761. The van der Waals surface area contributed by atoms with E-state index in [1.807, 2.05) is 109 Å². The Morgan fingerprint density at radius 3 is 1.20 bits per heavy atom. The van der Waals surface area contributed by atoms with E-state index in [4.69, 9.17) is 108 Å². The molecule has 0 atom stereocenters. The summed E-state index contributed by atoms with van der Waals surface area (Å²) in [6.45, 7) is 0. The number of fused-ring (bicyclic) bond motifs is 3. The number of benzene rings is 8. The lowest BCUT2D eigenvalue weighted by Crippen LogP contribution is -2.55. The fourth-order valence-corrected chi connectivity index (χ4v) is 9.03. The van der Waals surface area contributed by atoms with Gasteiger partial charge in [-0.2, -0.15) is 0 Å². The van der Waals surface area contributed by atoms with E-state index < -0.39 is 0 Å². The zero-order valence-corrected chi connectivity index (χ0v) is 37.8. The van der Waals surface area contributed by atoms with Crippen LogP contribution in [0.1, 0.15) is 0 Å². The molecule has 0 unspecified atom stereocenters. The number of hydrogen-bond donors (Lipinski definition) is 0. The van der Waals surface area contributed by atoms with Gasteiger partial charge in [-0.15, -0.1) is 32.8 Å². The molecule has 0 N–H and O–H groups in total. The lowest BCUT2D eigenvalue weighted by atomic mass is 9.60. The van der Waals surface area contributed by atoms with Gasteiger partial charge in [-0.1, -0.05) is 143 Å². The highest BCUT2D eigenvalue weighted by atomic mass is 15.1. The van der Waals surface area contributed by atoms with Crippen molar-refractivity contribution in [1.29, 1.82) is 0 Å². The standard InChI is InChI=1S/C54H25B10N7/c55-39-37(40(56)44(60)47(63)43(39)59)53-67-49(27-15-6-2-7-16-27)65-51(69-53)29-23-24-34(71-33-21-11-10-19-31(33)36-30(20-12-22-35(36)71)26-13-4-1-5-14-26)32(25-29)52-66-50(28-17-8-3-9-18-28)68-54(70-52)38-41(57)45(61)48(64)46(62)42(38)58/h1-25H. The van der Waals surface area contributed by atoms with Crippen LogP contribution in [0, 0.1) is 0 Å². The summed E-state index contributed by atoms with van der Waals surface area (Å²) in [5, 5.41) is 2.07. The molecule has 11 rings (SSSR count). The van der Waals surface area contributed by atoms with Gasteiger partial charge in [0.05, 0.1) is 16.7 Å². The van der Waals surface area contributed by atoms with Crippen molar-refractivity contribution >= 4 is 155 Å². The van der Waals surface area contributed by atoms with Crippen LogP contribution in [0.3, 0.4) is 0 Å². The molecule has 8 aromatic carbocycles. The molecule has 17 heteroatoms. The van der Waals surface area contributed by atoms with E-state index >= 15 is 0 Å². The Hall–Kier alpha value is -7.77. The molecule has 0 fully saturated rings. The SMILES string of the molecule is [B]c1c([B])c([B])c(-c2nc(-c3ccccc3)nc(-c3ccc(-n4c5ccccc5c5c(-c6ccccc6)cccc54)c(-c4nc(-c5ccccc5)nc(-c5c([B])c([B])c([B])c([B])c5[B])n4)c3)n2)c([B])c1[B]. The molecule has 0 aliphatic heterocycles. The summed E-state index contributed by atoms with van der Waals surface area (Å²) in [7, 11) is 64.9. The van der Waals surface area contributed by atoms with E-state index in [1.54, 1.807) is 0 Å². The molecule has 71 heavy (non-hydrogen) atoms. The second-order valence-corrected chi connectivity index (χ2v) is 16.9. The van der Waals surface area contributed by atoms with E-state index in [2.05, 4.69) is 47.0 Å². The van der Waals surface area contributed by atoms with Crippen LogP contribution in [0.25, 0.3) is 107 Å². The van der Waals surface area contributed by atoms with Crippen molar-refractivity contribution in [3.63, 3.8) is 0 Å². The van der Waals surface area contributed by atoms with Gasteiger partial charge in [0, 0.05) is 44.2 Å². The van der Waals surface area contributed by atoms with Crippen LogP contribution in [0.4, 0.5) is 0 Å². The topological polar surface area (TPSA) is 82.3 Å². The third kappa shape index (κ3) is 7.79. The van der Waals surface area contributed by atoms with Crippen LogP contribution in [0.15, 0.2) is 152 Å². The van der Waals surface area contributed by atoms with Crippen LogP contribution >= 0.6 is 0 Å². The number of nitrogens with zero attached hydrogens (tertiary/aromatic N) is 7. The van der Waals surface area contributed by atoms with E-state index in [0.29, 0.717) is 39.6 Å². The van der Waals surface area contributed by atoms with Gasteiger partial charge >= 0.3 is 0 Å². The fourth-order valence-electron chi connectivity index (χ4n) is 9.03. The second-order valence-electron chi connectivity index (χ2n) is 16.9. The minimum atomic E-state index is 0.0443. The van der Waals surface area contributed by atoms with Crippen molar-refractivity contribution in [2.24, 2.45) is 0 Å². The molecule has 11 aromatic rings. The van der Waals surface area contributed by atoms with Gasteiger partial charge in [-0.25, -0.2) is 29.9 Å². The summed E-state index contributed by atoms with van der Waals surface area (Å²) < 4.78 is 2.19. The normalized spacial score (nSPS) is 11.4. The molecular formula is C54H25B10N7. The summed E-state index contributed by atoms with van der Waals surface area (Å²) in [6, 6.07) is 49.5. The van der Waals surface area contributed by atoms with E-state index in [0.717, 1.165) is 32.9 Å². The molecule has 0 saturated heterocycles. The third-order valence-corrected chi connectivity index (χ3v) is 12.7. The van der Waals surface area contributed by atoms with Crippen molar-refractivity contribution in [3.8, 4) is 85.1 Å². The maximum atomic E-state index is 6.72. The fraction of sp³-hybridized carbons (Fsp3) is 0. The Morgan fingerprint density at radius 1 is 0.282 bits per heavy atom. The average molecular weight is 880 g/mol. The highest BCUT2D eigenvalue weighted by Crippen LogP contribution is 2.41. The van der Waals surface area contributed by atoms with Crippen LogP contribution < -0.4 is 54.6 Å². The van der Waals surface area contributed by atoms with Crippen molar-refractivity contribution in [3.05, 3.63) is 152 Å². The minimum absolute atomic E-state index is 0.0443. The maximum absolute atomic E-state index is 6.72. The maximum Gasteiger partial charge on any atom is 0.166 e. The van der Waals surface area contributed by atoms with Gasteiger partial charge in [0.2, 0.25) is 0 Å². The van der Waals surface area contributed by atoms with Gasteiger partial charge in [0.25, 0.3) is 0 Å². The lowest BCUT2D eigenvalue weighted by Gasteiger charge is -2.21. The predicted molar refractivity (Wildman–Crippen MR) is 299 cm³/mol. The largest absolute Gasteiger partial charge is 0.308 e. The Kier molecular flexibility index (Phi) is 11.7. The summed E-state index contributed by atoms with van der Waals surface area (Å²) in [5.41, 5.74) is 8.05. The number of rotatable bonds is 8. The summed E-state index contributed by atoms with van der Waals surface area (Å²) in [4.78, 5) is 30.3. The van der Waals surface area contributed by atoms with Gasteiger partial charge in [-0.05, 0) is 41.5 Å². The molecule has 0 bridgehead atoms. The lowest BCUT2D eigenvalue weighted by molar-refractivity contribution is 1.06. The molecule has 7 nitrogen and oxygen atoms in total. The first kappa shape index (κ1) is 45.7. The molecule has 0 aliphatic carbocycles. The van der Waals surface area contributed by atoms with Crippen molar-refractivity contribution in [2.45, 2.75) is 0 Å². The van der Waals surface area contributed by atoms with Crippen LogP contribution in [0.5, 0.6) is 0 Å². The van der Waals surface area contributed by atoms with Gasteiger partial charge in [0.1, 0.15) is 78.5 Å². The number of aromatic nitrogens is 7. The van der Waals surface area contributed by atoms with Crippen molar-refractivity contribution in [2.75, 3.05) is 0 Å². The molecule has 3 aromatic heterocycles. The smallest absolute Gasteiger partial charge is 0.166 e. The van der Waals surface area contributed by atoms with E-state index in [9.17, 15) is 0 Å². The van der Waals surface area contributed by atoms with Crippen LogP contribution in [-0.4, -0.2) is 113 Å². The quantitative estimate of drug-likeness (QED) is 0.210. The molecule has 0 saturated carbocycles. The first-order valence-electron chi connectivity index (χ1n) is 22.3. The Balaban J connectivity index is 1.25. The zero-order chi connectivity index (χ0) is 49.2. The molecule has 0 amide bonds. The van der Waals surface area contributed by atoms with Crippen molar-refractivity contribution in [1.82, 2.24) is 34.5 Å². The summed E-state index contributed by atoms with van der Waals surface area (Å²) in [6.07, 6.45) is 0. The number of hydrogen-bond acceptors (Lipinski definition) is 6. The molecular weight excluding hydrogens is 855 g/mol. The van der Waals surface area contributed by atoms with Crippen LogP contribution in [0.2, 0.25) is 0 Å². The summed E-state index contributed by atoms with van der Waals surface area (Å²) >= 11 is 0. The first-order chi connectivity index (χ1) is 34.4. The molecule has 0 spiro atoms. The highest BCUT2D eigenvalue weighted by Gasteiger charge is 2.25. The molecule has 20 radical (unpaired) electrons. The Morgan fingerprint density at radius 2 is 0.676 bits per heavy atom. The highest BCUT2D eigenvalue weighted by molar-refractivity contribution is 6.69. The average Bonchev–Trinajstić information content (AvgIpc) is 3.75. The van der Waals surface area contributed by atoms with Gasteiger partial charge in [0.15, 0.2) is 34.9 Å². The molecule has 0 aliphatic rings. The Labute approximate surface area is 424 Å². The van der Waals surface area contributed by atoms with Gasteiger partial charge in [-0.3, -0.25) is 0 Å². The van der Waals surface area contributed by atoms with Crippen molar-refractivity contribution < 1.29 is 0 Å². The molecule has 306 valence electrons. The first-order valence-corrected chi connectivity index (χ1v) is 22.3.